The number of carbonyl (C=O) groups excluding carboxylic acids is 1. The van der Waals surface area contributed by atoms with E-state index in [4.69, 9.17) is 4.74 Å². The number of ether oxygens (including phenoxy) is 1. The number of benzene rings is 1. The highest BCUT2D eigenvalue weighted by Gasteiger charge is 2.28. The molecule has 0 aliphatic carbocycles. The molecule has 1 aliphatic rings. The summed E-state index contributed by atoms with van der Waals surface area (Å²) in [7, 11) is 0. The summed E-state index contributed by atoms with van der Waals surface area (Å²) in [6, 6.07) is 11.3. The van der Waals surface area contributed by atoms with Crippen LogP contribution >= 0.6 is 12.4 Å². The van der Waals surface area contributed by atoms with Crippen LogP contribution in [0.4, 0.5) is 0 Å². The summed E-state index contributed by atoms with van der Waals surface area (Å²) >= 11 is 0. The van der Waals surface area contributed by atoms with Gasteiger partial charge in [0.25, 0.3) is 5.91 Å². The van der Waals surface area contributed by atoms with Gasteiger partial charge < -0.3 is 15.0 Å². The molecule has 24 heavy (non-hydrogen) atoms. The van der Waals surface area contributed by atoms with Crippen LogP contribution in [0.2, 0.25) is 0 Å². The quantitative estimate of drug-likeness (QED) is 0.924. The molecule has 6 heteroatoms. The lowest BCUT2D eigenvalue weighted by atomic mass is 10.0. The van der Waals surface area contributed by atoms with Gasteiger partial charge in [0.1, 0.15) is 5.75 Å². The lowest BCUT2D eigenvalue weighted by Gasteiger charge is -2.36. The summed E-state index contributed by atoms with van der Waals surface area (Å²) in [5.74, 6) is 0.758. The molecule has 1 atom stereocenters. The molecule has 3 rings (SSSR count). The van der Waals surface area contributed by atoms with Gasteiger partial charge in [0.05, 0.1) is 12.6 Å². The number of nitrogens with one attached hydrogen (secondary N) is 1. The van der Waals surface area contributed by atoms with E-state index in [0.29, 0.717) is 18.7 Å². The van der Waals surface area contributed by atoms with Gasteiger partial charge in [0, 0.05) is 37.6 Å². The summed E-state index contributed by atoms with van der Waals surface area (Å²) in [6.07, 6.45) is 3.58. The Kier molecular flexibility index (Phi) is 6.58. The van der Waals surface area contributed by atoms with Crippen molar-refractivity contribution in [2.75, 3.05) is 26.2 Å². The highest BCUT2D eigenvalue weighted by molar-refractivity contribution is 5.95. The first-order valence-corrected chi connectivity index (χ1v) is 7.94. The first-order valence-electron chi connectivity index (χ1n) is 7.94. The van der Waals surface area contributed by atoms with Gasteiger partial charge in [0.2, 0.25) is 0 Å². The Hall–Kier alpha value is -2.11. The molecule has 1 N–H and O–H groups in total. The van der Waals surface area contributed by atoms with Crippen LogP contribution in [0.3, 0.4) is 0 Å². The fraction of sp³-hybridized carbons (Fsp3) is 0.333. The number of piperazine rings is 1. The number of hydrogen-bond acceptors (Lipinski definition) is 4. The van der Waals surface area contributed by atoms with Gasteiger partial charge >= 0.3 is 0 Å². The number of hydrogen-bond donors (Lipinski definition) is 1. The Morgan fingerprint density at radius 3 is 3.00 bits per heavy atom. The van der Waals surface area contributed by atoms with E-state index in [1.165, 1.54) is 0 Å². The van der Waals surface area contributed by atoms with Crippen LogP contribution < -0.4 is 10.1 Å². The smallest absolute Gasteiger partial charge is 0.254 e. The normalized spacial score (nSPS) is 17.0. The summed E-state index contributed by atoms with van der Waals surface area (Å²) < 4.78 is 5.50. The van der Waals surface area contributed by atoms with Crippen molar-refractivity contribution in [3.05, 3.63) is 59.9 Å². The number of rotatable bonds is 4. The van der Waals surface area contributed by atoms with Crippen molar-refractivity contribution in [2.45, 2.75) is 13.0 Å². The van der Waals surface area contributed by atoms with Crippen LogP contribution in [0.5, 0.6) is 5.75 Å². The van der Waals surface area contributed by atoms with Gasteiger partial charge in [-0.15, -0.1) is 12.4 Å². The predicted molar refractivity (Wildman–Crippen MR) is 95.7 cm³/mol. The second-order valence-corrected chi connectivity index (χ2v) is 5.47. The van der Waals surface area contributed by atoms with Crippen LogP contribution in [-0.2, 0) is 0 Å². The topological polar surface area (TPSA) is 54.5 Å². The van der Waals surface area contributed by atoms with Crippen LogP contribution in [0.25, 0.3) is 0 Å². The number of halogens is 1. The van der Waals surface area contributed by atoms with E-state index < -0.39 is 0 Å². The fourth-order valence-electron chi connectivity index (χ4n) is 2.87. The first-order chi connectivity index (χ1) is 11.3. The Morgan fingerprint density at radius 1 is 1.38 bits per heavy atom. The minimum Gasteiger partial charge on any atom is -0.494 e. The first kappa shape index (κ1) is 18.2. The standard InChI is InChI=1S/C18H21N3O2.ClH/c1-2-23-16-7-3-5-14(11-16)18(22)21-10-9-20-13-17(21)15-6-4-8-19-12-15;/h3-8,11-12,17,20H,2,9-10,13H2,1H3;1H. The molecule has 2 heterocycles. The number of aromatic nitrogens is 1. The largest absolute Gasteiger partial charge is 0.494 e. The zero-order valence-corrected chi connectivity index (χ0v) is 14.5. The average molecular weight is 348 g/mol. The summed E-state index contributed by atoms with van der Waals surface area (Å²) in [4.78, 5) is 19.1. The predicted octanol–water partition coefficient (Wildman–Crippen LogP) is 2.69. The summed E-state index contributed by atoms with van der Waals surface area (Å²) in [5.41, 5.74) is 1.71. The molecular weight excluding hydrogens is 326 g/mol. The maximum Gasteiger partial charge on any atom is 0.254 e. The van der Waals surface area contributed by atoms with Crippen LogP contribution in [0.1, 0.15) is 28.9 Å². The Bertz CT molecular complexity index is 666. The van der Waals surface area contributed by atoms with E-state index in [0.717, 1.165) is 24.4 Å². The zero-order valence-electron chi connectivity index (χ0n) is 13.6. The fourth-order valence-corrected chi connectivity index (χ4v) is 2.87. The number of amides is 1. The minimum absolute atomic E-state index is 0. The van der Waals surface area contributed by atoms with Crippen molar-refractivity contribution in [2.24, 2.45) is 0 Å². The second-order valence-electron chi connectivity index (χ2n) is 5.47. The van der Waals surface area contributed by atoms with Crippen LogP contribution in [0.15, 0.2) is 48.8 Å². The molecule has 1 fully saturated rings. The molecule has 0 spiro atoms. The van der Waals surface area contributed by atoms with Crippen molar-refractivity contribution in [1.29, 1.82) is 0 Å². The van der Waals surface area contributed by atoms with Gasteiger partial charge in [-0.25, -0.2) is 0 Å². The molecule has 1 saturated heterocycles. The molecule has 0 radical (unpaired) electrons. The van der Waals surface area contributed by atoms with E-state index in [9.17, 15) is 4.79 Å². The van der Waals surface area contributed by atoms with Gasteiger partial charge in [-0.05, 0) is 36.8 Å². The number of pyridine rings is 1. The van der Waals surface area contributed by atoms with Crippen molar-refractivity contribution in [3.8, 4) is 5.75 Å². The molecule has 0 bridgehead atoms. The molecule has 1 amide bonds. The Balaban J connectivity index is 0.00000208. The molecule has 2 aromatic rings. The lowest BCUT2D eigenvalue weighted by Crippen LogP contribution is -2.48. The van der Waals surface area contributed by atoms with Crippen molar-refractivity contribution in [3.63, 3.8) is 0 Å². The monoisotopic (exact) mass is 347 g/mol. The van der Waals surface area contributed by atoms with Crippen LogP contribution in [-0.4, -0.2) is 42.0 Å². The number of carbonyl (C=O) groups is 1. The second kappa shape index (κ2) is 8.66. The van der Waals surface area contributed by atoms with Crippen molar-refractivity contribution < 1.29 is 9.53 Å². The van der Waals surface area contributed by atoms with Crippen molar-refractivity contribution >= 4 is 18.3 Å². The van der Waals surface area contributed by atoms with E-state index >= 15 is 0 Å². The third-order valence-electron chi connectivity index (χ3n) is 3.97. The van der Waals surface area contributed by atoms with Gasteiger partial charge in [0.15, 0.2) is 0 Å². The lowest BCUT2D eigenvalue weighted by molar-refractivity contribution is 0.0633. The van der Waals surface area contributed by atoms with Crippen LogP contribution in [0, 0.1) is 0 Å². The van der Waals surface area contributed by atoms with E-state index in [-0.39, 0.29) is 24.4 Å². The Morgan fingerprint density at radius 2 is 2.25 bits per heavy atom. The third kappa shape index (κ3) is 4.04. The molecule has 0 saturated carbocycles. The maximum atomic E-state index is 13.0. The molecule has 1 unspecified atom stereocenters. The molecule has 128 valence electrons. The van der Waals surface area contributed by atoms with E-state index in [1.54, 1.807) is 6.20 Å². The minimum atomic E-state index is 0. The van der Waals surface area contributed by atoms with Gasteiger partial charge in [-0.2, -0.15) is 0 Å². The molecule has 1 aromatic heterocycles. The average Bonchev–Trinajstić information content (AvgIpc) is 2.62. The zero-order chi connectivity index (χ0) is 16.1. The number of nitrogens with zero attached hydrogens (tertiary/aromatic N) is 2. The summed E-state index contributed by atoms with van der Waals surface area (Å²) in [6.45, 7) is 4.74. The Labute approximate surface area is 148 Å². The van der Waals surface area contributed by atoms with E-state index in [1.807, 2.05) is 54.4 Å². The van der Waals surface area contributed by atoms with Gasteiger partial charge in [-0.3, -0.25) is 9.78 Å². The molecule has 1 aliphatic heterocycles. The van der Waals surface area contributed by atoms with Gasteiger partial charge in [-0.1, -0.05) is 12.1 Å². The van der Waals surface area contributed by atoms with Crippen molar-refractivity contribution in [1.82, 2.24) is 15.2 Å². The molecule has 1 aromatic carbocycles. The highest BCUT2D eigenvalue weighted by atomic mass is 35.5. The molecule has 5 nitrogen and oxygen atoms in total. The third-order valence-corrected chi connectivity index (χ3v) is 3.97. The highest BCUT2D eigenvalue weighted by Crippen LogP contribution is 2.24. The SMILES string of the molecule is CCOc1cccc(C(=O)N2CCNCC2c2cccnc2)c1.Cl. The maximum absolute atomic E-state index is 13.0. The summed E-state index contributed by atoms with van der Waals surface area (Å²) in [5, 5.41) is 3.35. The van der Waals surface area contributed by atoms with E-state index in [2.05, 4.69) is 10.3 Å². The molecular formula is C18H22ClN3O2.